The number of isocyanates is 1. The Morgan fingerprint density at radius 1 is 1.57 bits per heavy atom. The van der Waals surface area contributed by atoms with Crippen molar-refractivity contribution in [3.05, 3.63) is 28.8 Å². The maximum absolute atomic E-state index is 10.2. The SMILES string of the molecule is O=C=NC1CCOc2ccc(Cl)cc21. The number of hydrogen-bond donors (Lipinski definition) is 0. The van der Waals surface area contributed by atoms with Crippen LogP contribution in [0.15, 0.2) is 23.2 Å². The van der Waals surface area contributed by atoms with Gasteiger partial charge < -0.3 is 4.74 Å². The van der Waals surface area contributed by atoms with Crippen molar-refractivity contribution in [1.29, 1.82) is 0 Å². The van der Waals surface area contributed by atoms with Gasteiger partial charge in [0.25, 0.3) is 0 Å². The van der Waals surface area contributed by atoms with E-state index in [1.54, 1.807) is 24.3 Å². The Morgan fingerprint density at radius 2 is 2.43 bits per heavy atom. The molecule has 0 N–H and O–H groups in total. The molecule has 72 valence electrons. The van der Waals surface area contributed by atoms with E-state index < -0.39 is 0 Å². The maximum Gasteiger partial charge on any atom is 0.235 e. The average molecular weight is 210 g/mol. The third-order valence-corrected chi connectivity index (χ3v) is 2.42. The van der Waals surface area contributed by atoms with Crippen LogP contribution < -0.4 is 4.74 Å². The van der Waals surface area contributed by atoms with Crippen LogP contribution in [-0.4, -0.2) is 12.7 Å². The van der Waals surface area contributed by atoms with E-state index in [0.29, 0.717) is 18.1 Å². The van der Waals surface area contributed by atoms with Crippen LogP contribution in [0.5, 0.6) is 5.75 Å². The summed E-state index contributed by atoms with van der Waals surface area (Å²) in [6.45, 7) is 0.574. The molecule has 1 unspecified atom stereocenters. The largest absolute Gasteiger partial charge is 0.493 e. The zero-order chi connectivity index (χ0) is 9.97. The number of aliphatic imine (C=N–C) groups is 1. The Labute approximate surface area is 86.4 Å². The first-order valence-corrected chi connectivity index (χ1v) is 4.68. The van der Waals surface area contributed by atoms with Crippen LogP contribution in [-0.2, 0) is 4.79 Å². The van der Waals surface area contributed by atoms with Gasteiger partial charge in [0, 0.05) is 17.0 Å². The summed E-state index contributed by atoms with van der Waals surface area (Å²) >= 11 is 5.85. The normalized spacial score (nSPS) is 19.1. The van der Waals surface area contributed by atoms with E-state index in [0.717, 1.165) is 11.3 Å². The van der Waals surface area contributed by atoms with Crippen LogP contribution >= 0.6 is 11.6 Å². The molecule has 1 aliphatic heterocycles. The quantitative estimate of drug-likeness (QED) is 0.527. The van der Waals surface area contributed by atoms with Gasteiger partial charge in [0.2, 0.25) is 6.08 Å². The fourth-order valence-electron chi connectivity index (χ4n) is 1.54. The summed E-state index contributed by atoms with van der Waals surface area (Å²) in [4.78, 5) is 13.9. The molecule has 4 heteroatoms. The summed E-state index contributed by atoms with van der Waals surface area (Å²) in [7, 11) is 0. The number of fused-ring (bicyclic) bond motifs is 1. The molecule has 0 aliphatic carbocycles. The summed E-state index contributed by atoms with van der Waals surface area (Å²) in [5.41, 5.74) is 0.868. The standard InChI is InChI=1S/C10H8ClNO2/c11-7-1-2-10-8(5-7)9(12-6-13)3-4-14-10/h1-2,5,9H,3-4H2. The zero-order valence-electron chi connectivity index (χ0n) is 7.37. The Hall–Kier alpha value is -1.31. The minimum absolute atomic E-state index is 0.157. The summed E-state index contributed by atoms with van der Waals surface area (Å²) in [6, 6.07) is 5.17. The maximum atomic E-state index is 10.2. The van der Waals surface area contributed by atoms with Gasteiger partial charge in [-0.3, -0.25) is 0 Å². The van der Waals surface area contributed by atoms with Crippen molar-refractivity contribution >= 4 is 17.7 Å². The van der Waals surface area contributed by atoms with Gasteiger partial charge in [0.05, 0.1) is 12.6 Å². The second kappa shape index (κ2) is 3.82. The number of nitrogens with zero attached hydrogens (tertiary/aromatic N) is 1. The lowest BCUT2D eigenvalue weighted by atomic mass is 10.0. The number of rotatable bonds is 1. The summed E-state index contributed by atoms with van der Waals surface area (Å²) < 4.78 is 5.41. The summed E-state index contributed by atoms with van der Waals surface area (Å²) in [6.07, 6.45) is 2.27. The predicted octanol–water partition coefficient (Wildman–Crippen LogP) is 2.50. The van der Waals surface area contributed by atoms with E-state index >= 15 is 0 Å². The molecule has 0 bridgehead atoms. The van der Waals surface area contributed by atoms with Crippen molar-refractivity contribution in [1.82, 2.24) is 0 Å². The van der Waals surface area contributed by atoms with Crippen LogP contribution in [0.2, 0.25) is 5.02 Å². The first-order chi connectivity index (χ1) is 6.81. The Kier molecular flexibility index (Phi) is 2.53. The van der Waals surface area contributed by atoms with Crippen molar-refractivity contribution < 1.29 is 9.53 Å². The Balaban J connectivity index is 2.46. The molecule has 1 atom stereocenters. The second-order valence-corrected chi connectivity index (χ2v) is 3.49. The Bertz CT molecular complexity index is 399. The highest BCUT2D eigenvalue weighted by Gasteiger charge is 2.20. The lowest BCUT2D eigenvalue weighted by molar-refractivity contribution is 0.269. The van der Waals surface area contributed by atoms with Crippen molar-refractivity contribution in [3.8, 4) is 5.75 Å². The molecule has 0 fully saturated rings. The van der Waals surface area contributed by atoms with E-state index in [9.17, 15) is 4.79 Å². The van der Waals surface area contributed by atoms with Gasteiger partial charge in [0.15, 0.2) is 0 Å². The molecular weight excluding hydrogens is 202 g/mol. The summed E-state index contributed by atoms with van der Waals surface area (Å²) in [5, 5.41) is 0.625. The molecular formula is C10H8ClNO2. The smallest absolute Gasteiger partial charge is 0.235 e. The number of halogens is 1. The predicted molar refractivity (Wildman–Crippen MR) is 52.4 cm³/mol. The van der Waals surface area contributed by atoms with Crippen LogP contribution in [0.3, 0.4) is 0 Å². The van der Waals surface area contributed by atoms with E-state index in [1.807, 2.05) is 0 Å². The molecule has 2 rings (SSSR count). The number of ether oxygens (including phenoxy) is 1. The lowest BCUT2D eigenvalue weighted by Gasteiger charge is -2.21. The lowest BCUT2D eigenvalue weighted by Crippen LogP contribution is -2.12. The topological polar surface area (TPSA) is 38.7 Å². The molecule has 1 heterocycles. The molecule has 1 aliphatic rings. The van der Waals surface area contributed by atoms with Gasteiger partial charge in [0.1, 0.15) is 5.75 Å². The minimum Gasteiger partial charge on any atom is -0.493 e. The third-order valence-electron chi connectivity index (χ3n) is 2.19. The van der Waals surface area contributed by atoms with E-state index in [-0.39, 0.29) is 6.04 Å². The van der Waals surface area contributed by atoms with Gasteiger partial charge in [-0.2, -0.15) is 4.99 Å². The second-order valence-electron chi connectivity index (χ2n) is 3.06. The molecule has 0 aromatic heterocycles. The summed E-state index contributed by atoms with van der Waals surface area (Å²) in [5.74, 6) is 0.754. The number of carbonyl (C=O) groups excluding carboxylic acids is 1. The van der Waals surface area contributed by atoms with Crippen molar-refractivity contribution in [2.75, 3.05) is 6.61 Å². The van der Waals surface area contributed by atoms with E-state index in [4.69, 9.17) is 16.3 Å². The average Bonchev–Trinajstić information content (AvgIpc) is 2.19. The van der Waals surface area contributed by atoms with Gasteiger partial charge in [-0.25, -0.2) is 4.79 Å². The first kappa shape index (κ1) is 9.25. The molecule has 3 nitrogen and oxygen atoms in total. The molecule has 0 saturated carbocycles. The molecule has 0 spiro atoms. The fraction of sp³-hybridized carbons (Fsp3) is 0.300. The van der Waals surface area contributed by atoms with Gasteiger partial charge in [-0.05, 0) is 18.2 Å². The van der Waals surface area contributed by atoms with E-state index in [1.165, 1.54) is 0 Å². The highest BCUT2D eigenvalue weighted by Crippen LogP contribution is 2.35. The molecule has 1 aromatic carbocycles. The van der Waals surface area contributed by atoms with Crippen LogP contribution in [0, 0.1) is 0 Å². The third kappa shape index (κ3) is 1.65. The molecule has 0 amide bonds. The monoisotopic (exact) mass is 209 g/mol. The number of hydrogen-bond acceptors (Lipinski definition) is 3. The number of benzene rings is 1. The highest BCUT2D eigenvalue weighted by molar-refractivity contribution is 6.30. The first-order valence-electron chi connectivity index (χ1n) is 4.30. The molecule has 0 saturated heterocycles. The van der Waals surface area contributed by atoms with Crippen molar-refractivity contribution in [2.24, 2.45) is 4.99 Å². The minimum atomic E-state index is -0.157. The van der Waals surface area contributed by atoms with Crippen molar-refractivity contribution in [2.45, 2.75) is 12.5 Å². The van der Waals surface area contributed by atoms with Gasteiger partial charge >= 0.3 is 0 Å². The molecule has 0 radical (unpaired) electrons. The zero-order valence-corrected chi connectivity index (χ0v) is 8.12. The van der Waals surface area contributed by atoms with Crippen LogP contribution in [0.4, 0.5) is 0 Å². The van der Waals surface area contributed by atoms with Crippen LogP contribution in [0.25, 0.3) is 0 Å². The van der Waals surface area contributed by atoms with Crippen molar-refractivity contribution in [3.63, 3.8) is 0 Å². The van der Waals surface area contributed by atoms with Gasteiger partial charge in [-0.1, -0.05) is 11.6 Å². The molecule has 1 aromatic rings. The van der Waals surface area contributed by atoms with Gasteiger partial charge in [-0.15, -0.1) is 0 Å². The Morgan fingerprint density at radius 3 is 3.21 bits per heavy atom. The fourth-order valence-corrected chi connectivity index (χ4v) is 1.73. The van der Waals surface area contributed by atoms with E-state index in [2.05, 4.69) is 4.99 Å². The highest BCUT2D eigenvalue weighted by atomic mass is 35.5. The van der Waals surface area contributed by atoms with Crippen LogP contribution in [0.1, 0.15) is 18.0 Å². The molecule has 14 heavy (non-hydrogen) atoms.